The minimum absolute atomic E-state index is 0.346. The van der Waals surface area contributed by atoms with Gasteiger partial charge in [-0.2, -0.15) is 0 Å². The highest BCUT2D eigenvalue weighted by Crippen LogP contribution is 2.25. The third kappa shape index (κ3) is 3.98. The average molecular weight is 372 g/mol. The first-order valence-electron chi connectivity index (χ1n) is 8.76. The number of rotatable bonds is 5. The van der Waals surface area contributed by atoms with Crippen LogP contribution in [0.2, 0.25) is 0 Å². The molecule has 0 saturated heterocycles. The number of nitrogens with zero attached hydrogens (tertiary/aromatic N) is 5. The van der Waals surface area contributed by atoms with Crippen molar-refractivity contribution >= 4 is 5.82 Å². The molecule has 4 rings (SSSR count). The van der Waals surface area contributed by atoms with Crippen LogP contribution >= 0.6 is 0 Å². The summed E-state index contributed by atoms with van der Waals surface area (Å²) in [6.45, 7) is 2.32. The van der Waals surface area contributed by atoms with Crippen LogP contribution in [0.15, 0.2) is 67.1 Å². The number of aryl methyl sites for hydroxylation is 1. The maximum Gasteiger partial charge on any atom is 0.180 e. The minimum Gasteiger partial charge on any atom is -0.363 e. The topological polar surface area (TPSA) is 76.5 Å². The van der Waals surface area contributed by atoms with E-state index in [1.54, 1.807) is 42.9 Å². The lowest BCUT2D eigenvalue weighted by Crippen LogP contribution is -2.07. The normalized spacial score (nSPS) is 10.6. The molecule has 0 aliphatic heterocycles. The Bertz CT molecular complexity index is 1080. The number of halogens is 1. The van der Waals surface area contributed by atoms with Gasteiger partial charge in [0.25, 0.3) is 0 Å². The van der Waals surface area contributed by atoms with Gasteiger partial charge in [0.15, 0.2) is 5.82 Å². The summed E-state index contributed by atoms with van der Waals surface area (Å²) in [5.41, 5.74) is 2.47. The van der Waals surface area contributed by atoms with E-state index in [4.69, 9.17) is 0 Å². The fourth-order valence-electron chi connectivity index (χ4n) is 2.63. The van der Waals surface area contributed by atoms with Crippen LogP contribution in [0, 0.1) is 12.7 Å². The van der Waals surface area contributed by atoms with Gasteiger partial charge in [0.2, 0.25) is 0 Å². The summed E-state index contributed by atoms with van der Waals surface area (Å²) in [4.78, 5) is 21.9. The van der Waals surface area contributed by atoms with E-state index in [0.29, 0.717) is 41.0 Å². The quantitative estimate of drug-likeness (QED) is 0.569. The standard InChI is InChI=1S/C21H17FN6/c1-14-11-24-20(25-12-14)13-26-19-10-18(15-6-2-3-7-16(15)22)27-21(28-19)17-8-4-5-9-23-17/h2-12H,13H2,1H3,(H,26,27,28). The Kier molecular flexibility index (Phi) is 4.97. The van der Waals surface area contributed by atoms with Gasteiger partial charge in [-0.3, -0.25) is 4.98 Å². The number of nitrogens with one attached hydrogen (secondary N) is 1. The molecule has 0 aliphatic rings. The van der Waals surface area contributed by atoms with E-state index >= 15 is 0 Å². The predicted molar refractivity (Wildman–Crippen MR) is 105 cm³/mol. The third-order valence-electron chi connectivity index (χ3n) is 4.03. The Labute approximate surface area is 161 Å². The first-order chi connectivity index (χ1) is 13.7. The van der Waals surface area contributed by atoms with Crippen molar-refractivity contribution in [3.05, 3.63) is 84.3 Å². The Morgan fingerprint density at radius 2 is 1.68 bits per heavy atom. The van der Waals surface area contributed by atoms with Gasteiger partial charge < -0.3 is 5.32 Å². The highest BCUT2D eigenvalue weighted by atomic mass is 19.1. The van der Waals surface area contributed by atoms with E-state index < -0.39 is 0 Å². The molecule has 0 aliphatic carbocycles. The first-order valence-corrected chi connectivity index (χ1v) is 8.76. The lowest BCUT2D eigenvalue weighted by atomic mass is 10.1. The monoisotopic (exact) mass is 372 g/mol. The SMILES string of the molecule is Cc1cnc(CNc2cc(-c3ccccc3F)nc(-c3ccccn3)n2)nc1. The molecule has 4 aromatic rings. The van der Waals surface area contributed by atoms with Crippen LogP contribution in [0.25, 0.3) is 22.8 Å². The number of aromatic nitrogens is 5. The molecular formula is C21H17FN6. The summed E-state index contributed by atoms with van der Waals surface area (Å²) in [6.07, 6.45) is 5.18. The smallest absolute Gasteiger partial charge is 0.180 e. The van der Waals surface area contributed by atoms with E-state index in [2.05, 4.69) is 30.2 Å². The molecule has 0 amide bonds. The lowest BCUT2D eigenvalue weighted by Gasteiger charge is -2.10. The minimum atomic E-state index is -0.346. The van der Waals surface area contributed by atoms with Crippen LogP contribution in [0.1, 0.15) is 11.4 Å². The summed E-state index contributed by atoms with van der Waals surface area (Å²) >= 11 is 0. The number of hydrogen-bond acceptors (Lipinski definition) is 6. The van der Waals surface area contributed by atoms with E-state index in [-0.39, 0.29) is 5.82 Å². The molecule has 0 radical (unpaired) electrons. The summed E-state index contributed by atoms with van der Waals surface area (Å²) < 4.78 is 14.3. The summed E-state index contributed by atoms with van der Waals surface area (Å²) in [5, 5.41) is 3.19. The Balaban J connectivity index is 1.71. The molecule has 0 saturated carbocycles. The summed E-state index contributed by atoms with van der Waals surface area (Å²) in [5.74, 6) is 1.24. The molecule has 0 spiro atoms. The van der Waals surface area contributed by atoms with Gasteiger partial charge in [-0.15, -0.1) is 0 Å². The third-order valence-corrected chi connectivity index (χ3v) is 4.03. The van der Waals surface area contributed by atoms with Gasteiger partial charge in [-0.1, -0.05) is 18.2 Å². The number of hydrogen-bond donors (Lipinski definition) is 1. The maximum absolute atomic E-state index is 14.3. The molecule has 3 heterocycles. The van der Waals surface area contributed by atoms with Gasteiger partial charge in [0, 0.05) is 30.2 Å². The molecule has 28 heavy (non-hydrogen) atoms. The molecule has 0 unspecified atom stereocenters. The Morgan fingerprint density at radius 3 is 2.43 bits per heavy atom. The zero-order valence-electron chi connectivity index (χ0n) is 15.2. The van der Waals surface area contributed by atoms with Crippen LogP contribution < -0.4 is 5.32 Å². The van der Waals surface area contributed by atoms with Crippen molar-refractivity contribution in [2.75, 3.05) is 5.32 Å². The van der Waals surface area contributed by atoms with Crippen molar-refractivity contribution < 1.29 is 4.39 Å². The van der Waals surface area contributed by atoms with Gasteiger partial charge in [0.05, 0.1) is 12.2 Å². The van der Waals surface area contributed by atoms with E-state index in [9.17, 15) is 4.39 Å². The zero-order valence-corrected chi connectivity index (χ0v) is 15.2. The summed E-state index contributed by atoms with van der Waals surface area (Å²) in [7, 11) is 0. The van der Waals surface area contributed by atoms with Gasteiger partial charge in [0.1, 0.15) is 23.2 Å². The van der Waals surface area contributed by atoms with E-state index in [0.717, 1.165) is 5.56 Å². The van der Waals surface area contributed by atoms with Crippen LogP contribution in [-0.4, -0.2) is 24.9 Å². The molecule has 0 atom stereocenters. The van der Waals surface area contributed by atoms with Crippen molar-refractivity contribution in [3.8, 4) is 22.8 Å². The van der Waals surface area contributed by atoms with Crippen molar-refractivity contribution in [3.63, 3.8) is 0 Å². The van der Waals surface area contributed by atoms with Gasteiger partial charge >= 0.3 is 0 Å². The second-order valence-electron chi connectivity index (χ2n) is 6.19. The fraction of sp³-hybridized carbons (Fsp3) is 0.0952. The molecule has 3 aromatic heterocycles. The van der Waals surface area contributed by atoms with Crippen molar-refractivity contribution in [1.29, 1.82) is 0 Å². The van der Waals surface area contributed by atoms with E-state index in [1.165, 1.54) is 6.07 Å². The maximum atomic E-state index is 14.3. The number of pyridine rings is 1. The van der Waals surface area contributed by atoms with Crippen molar-refractivity contribution in [2.24, 2.45) is 0 Å². The largest absolute Gasteiger partial charge is 0.363 e. The van der Waals surface area contributed by atoms with Crippen molar-refractivity contribution in [1.82, 2.24) is 24.9 Å². The Morgan fingerprint density at radius 1 is 0.893 bits per heavy atom. The number of benzene rings is 1. The van der Waals surface area contributed by atoms with Crippen LogP contribution in [-0.2, 0) is 6.54 Å². The molecule has 0 bridgehead atoms. The predicted octanol–water partition coefficient (Wildman–Crippen LogP) is 4.06. The molecule has 1 aromatic carbocycles. The highest BCUT2D eigenvalue weighted by molar-refractivity contribution is 5.66. The van der Waals surface area contributed by atoms with Crippen LogP contribution in [0.4, 0.5) is 10.2 Å². The molecular weight excluding hydrogens is 355 g/mol. The number of anilines is 1. The second-order valence-corrected chi connectivity index (χ2v) is 6.19. The molecule has 0 fully saturated rings. The van der Waals surface area contributed by atoms with Gasteiger partial charge in [-0.05, 0) is 36.8 Å². The van der Waals surface area contributed by atoms with Gasteiger partial charge in [-0.25, -0.2) is 24.3 Å². The van der Waals surface area contributed by atoms with Crippen molar-refractivity contribution in [2.45, 2.75) is 13.5 Å². The molecule has 6 nitrogen and oxygen atoms in total. The fourth-order valence-corrected chi connectivity index (χ4v) is 2.63. The average Bonchev–Trinajstić information content (AvgIpc) is 2.74. The van der Waals surface area contributed by atoms with E-state index in [1.807, 2.05) is 25.1 Å². The van der Waals surface area contributed by atoms with Crippen LogP contribution in [0.3, 0.4) is 0 Å². The first kappa shape index (κ1) is 17.7. The molecule has 138 valence electrons. The second kappa shape index (κ2) is 7.87. The zero-order chi connectivity index (χ0) is 19.3. The van der Waals surface area contributed by atoms with Crippen LogP contribution in [0.5, 0.6) is 0 Å². The summed E-state index contributed by atoms with van der Waals surface area (Å²) in [6, 6.07) is 13.7. The molecule has 1 N–H and O–H groups in total. The Hall–Kier alpha value is -3.74. The lowest BCUT2D eigenvalue weighted by molar-refractivity contribution is 0.630. The molecule has 7 heteroatoms. The highest BCUT2D eigenvalue weighted by Gasteiger charge is 2.12.